The minimum absolute atomic E-state index is 0.421. The van der Waals surface area contributed by atoms with Gasteiger partial charge in [-0.05, 0) is 6.92 Å². The third-order valence-electron chi connectivity index (χ3n) is 3.11. The Morgan fingerprint density at radius 1 is 1.44 bits per heavy atom. The molecule has 0 aromatic heterocycles. The molecule has 0 radical (unpaired) electrons. The molecule has 1 unspecified atom stereocenters. The smallest absolute Gasteiger partial charge is 0.186 e. The maximum atomic E-state index is 10.0. The number of hydroxylamine groups is 2. The van der Waals surface area contributed by atoms with Gasteiger partial charge in [0.05, 0.1) is 13.2 Å². The third-order valence-corrected chi connectivity index (χ3v) is 4.30. The highest BCUT2D eigenvalue weighted by atomic mass is 32.2. The molecule has 1 fully saturated rings. The number of thioether (sulfide) groups is 1. The van der Waals surface area contributed by atoms with Crippen molar-refractivity contribution in [3.05, 3.63) is 0 Å². The van der Waals surface area contributed by atoms with Crippen molar-refractivity contribution in [2.75, 3.05) is 14.2 Å². The molecule has 0 bridgehead atoms. The lowest BCUT2D eigenvalue weighted by atomic mass is 9.95. The van der Waals surface area contributed by atoms with Crippen LogP contribution in [0.4, 0.5) is 0 Å². The lowest BCUT2D eigenvalue weighted by molar-refractivity contribution is -0.181. The molecule has 2 aliphatic rings. The van der Waals surface area contributed by atoms with Gasteiger partial charge in [0.2, 0.25) is 0 Å². The second kappa shape index (κ2) is 5.32. The van der Waals surface area contributed by atoms with Crippen LogP contribution in [0.2, 0.25) is 0 Å². The van der Waals surface area contributed by atoms with Crippen LogP contribution in [0.15, 0.2) is 4.99 Å². The highest BCUT2D eigenvalue weighted by Crippen LogP contribution is 2.37. The number of hydrogen-bond acceptors (Lipinski definition) is 8. The summed E-state index contributed by atoms with van der Waals surface area (Å²) in [6.07, 6.45) is -3.88. The molecule has 2 rings (SSSR count). The van der Waals surface area contributed by atoms with Crippen LogP contribution in [0.1, 0.15) is 6.92 Å². The van der Waals surface area contributed by atoms with Crippen molar-refractivity contribution >= 4 is 16.9 Å². The first-order valence-electron chi connectivity index (χ1n) is 5.67. The molecule has 104 valence electrons. The Balaban J connectivity index is 2.13. The standard InChI is InChI=1S/C10H18N2O5S/c1-4(13)8-7(15)6(14)5-9(17-8)18-10(11-5)12(2)16-3/h4-9,13-15H,1-3H3/t4-,5-,6-,7+,8?,9-/m1/s1. The van der Waals surface area contributed by atoms with Crippen molar-refractivity contribution in [3.8, 4) is 0 Å². The van der Waals surface area contributed by atoms with Gasteiger partial charge in [-0.2, -0.15) is 0 Å². The van der Waals surface area contributed by atoms with Gasteiger partial charge in [0.25, 0.3) is 0 Å². The van der Waals surface area contributed by atoms with Crippen molar-refractivity contribution in [1.29, 1.82) is 0 Å². The van der Waals surface area contributed by atoms with Crippen LogP contribution in [0.25, 0.3) is 0 Å². The predicted molar refractivity (Wildman–Crippen MR) is 65.9 cm³/mol. The number of aliphatic hydroxyl groups excluding tert-OH is 3. The largest absolute Gasteiger partial charge is 0.391 e. The Labute approximate surface area is 109 Å². The van der Waals surface area contributed by atoms with E-state index in [1.54, 1.807) is 7.05 Å². The summed E-state index contributed by atoms with van der Waals surface area (Å²) in [7, 11) is 3.20. The fraction of sp³-hybridized carbons (Fsp3) is 0.900. The van der Waals surface area contributed by atoms with Crippen LogP contribution < -0.4 is 0 Å². The molecule has 0 amide bonds. The molecule has 0 spiro atoms. The molecule has 2 heterocycles. The first kappa shape index (κ1) is 14.0. The Morgan fingerprint density at radius 2 is 2.11 bits per heavy atom. The zero-order valence-electron chi connectivity index (χ0n) is 10.4. The van der Waals surface area contributed by atoms with Crippen LogP contribution in [0.5, 0.6) is 0 Å². The minimum Gasteiger partial charge on any atom is -0.391 e. The molecule has 0 saturated carbocycles. The summed E-state index contributed by atoms with van der Waals surface area (Å²) >= 11 is 1.30. The zero-order chi connectivity index (χ0) is 13.4. The van der Waals surface area contributed by atoms with E-state index in [0.717, 1.165) is 0 Å². The first-order valence-corrected chi connectivity index (χ1v) is 6.55. The molecule has 2 aliphatic heterocycles. The molecule has 1 saturated heterocycles. The second-order valence-corrected chi connectivity index (χ2v) is 5.46. The average molecular weight is 278 g/mol. The Morgan fingerprint density at radius 3 is 2.67 bits per heavy atom. The van der Waals surface area contributed by atoms with Crippen molar-refractivity contribution in [3.63, 3.8) is 0 Å². The van der Waals surface area contributed by atoms with Crippen LogP contribution >= 0.6 is 11.8 Å². The molecule has 8 heteroatoms. The SMILES string of the molecule is CON(C)C1=N[C@@H]2[C@@H](O)[C@H](O)C([C@@H](C)O)O[C@@H]2S1. The normalized spacial score (nSPS) is 41.2. The highest BCUT2D eigenvalue weighted by Gasteiger charge is 2.49. The minimum atomic E-state index is -1.15. The highest BCUT2D eigenvalue weighted by molar-refractivity contribution is 8.14. The van der Waals surface area contributed by atoms with Gasteiger partial charge in [-0.25, -0.2) is 5.06 Å². The summed E-state index contributed by atoms with van der Waals surface area (Å²) in [6.45, 7) is 1.52. The molecular formula is C10H18N2O5S. The van der Waals surface area contributed by atoms with Gasteiger partial charge < -0.3 is 20.1 Å². The monoisotopic (exact) mass is 278 g/mol. The Bertz CT molecular complexity index is 340. The van der Waals surface area contributed by atoms with Gasteiger partial charge in [0.1, 0.15) is 29.8 Å². The van der Waals surface area contributed by atoms with E-state index >= 15 is 0 Å². The van der Waals surface area contributed by atoms with Crippen LogP contribution in [0, 0.1) is 0 Å². The van der Waals surface area contributed by atoms with E-state index in [1.807, 2.05) is 0 Å². The Hall–Kier alpha value is -0.380. The van der Waals surface area contributed by atoms with E-state index in [2.05, 4.69) is 4.99 Å². The van der Waals surface area contributed by atoms with E-state index in [-0.39, 0.29) is 0 Å². The van der Waals surface area contributed by atoms with Gasteiger partial charge >= 0.3 is 0 Å². The number of aliphatic imine (C=N–C) groups is 1. The maximum Gasteiger partial charge on any atom is 0.186 e. The molecular weight excluding hydrogens is 260 g/mol. The van der Waals surface area contributed by atoms with Gasteiger partial charge in [0, 0.05) is 7.05 Å². The first-order chi connectivity index (χ1) is 8.45. The van der Waals surface area contributed by atoms with Crippen LogP contribution in [-0.2, 0) is 9.57 Å². The molecule has 0 aromatic rings. The average Bonchev–Trinajstić information content (AvgIpc) is 2.76. The van der Waals surface area contributed by atoms with Crippen molar-refractivity contribution in [2.24, 2.45) is 4.99 Å². The fourth-order valence-electron chi connectivity index (χ4n) is 2.00. The zero-order valence-corrected chi connectivity index (χ0v) is 11.2. The lowest BCUT2D eigenvalue weighted by Crippen LogP contribution is -2.57. The maximum absolute atomic E-state index is 10.0. The van der Waals surface area contributed by atoms with E-state index < -0.39 is 35.9 Å². The van der Waals surface area contributed by atoms with Crippen molar-refractivity contribution in [2.45, 2.75) is 42.8 Å². The van der Waals surface area contributed by atoms with E-state index in [4.69, 9.17) is 9.57 Å². The molecule has 7 nitrogen and oxygen atoms in total. The summed E-state index contributed by atoms with van der Waals surface area (Å²) in [5.74, 6) is 0. The van der Waals surface area contributed by atoms with Crippen LogP contribution in [-0.4, -0.2) is 75.6 Å². The van der Waals surface area contributed by atoms with Gasteiger partial charge in [-0.15, -0.1) is 0 Å². The number of amidine groups is 1. The fourth-order valence-corrected chi connectivity index (χ4v) is 3.16. The van der Waals surface area contributed by atoms with Gasteiger partial charge in [-0.3, -0.25) is 9.83 Å². The number of fused-ring (bicyclic) bond motifs is 1. The summed E-state index contributed by atoms with van der Waals surface area (Å²) in [4.78, 5) is 9.28. The lowest BCUT2D eigenvalue weighted by Gasteiger charge is -2.39. The van der Waals surface area contributed by atoms with Gasteiger partial charge in [0.15, 0.2) is 5.17 Å². The quantitative estimate of drug-likeness (QED) is 0.545. The molecule has 3 N–H and O–H groups in total. The van der Waals surface area contributed by atoms with E-state index in [1.165, 1.54) is 30.9 Å². The molecule has 0 aliphatic carbocycles. The second-order valence-electron chi connectivity index (χ2n) is 4.39. The summed E-state index contributed by atoms with van der Waals surface area (Å²) in [5.41, 5.74) is -0.421. The molecule has 0 aromatic carbocycles. The number of nitrogens with zero attached hydrogens (tertiary/aromatic N) is 2. The Kier molecular flexibility index (Phi) is 4.15. The van der Waals surface area contributed by atoms with Crippen LogP contribution in [0.3, 0.4) is 0 Å². The van der Waals surface area contributed by atoms with E-state index in [9.17, 15) is 15.3 Å². The number of rotatable bonds is 2. The number of ether oxygens (including phenoxy) is 1. The molecule has 6 atom stereocenters. The number of aliphatic hydroxyl groups is 3. The summed E-state index contributed by atoms with van der Waals surface area (Å²) < 4.78 is 5.59. The summed E-state index contributed by atoms with van der Waals surface area (Å²) in [6, 6.07) is -0.549. The third kappa shape index (κ3) is 2.36. The summed E-state index contributed by atoms with van der Waals surface area (Å²) in [5, 5.41) is 31.5. The predicted octanol–water partition coefficient (Wildman–Crippen LogP) is -1.22. The van der Waals surface area contributed by atoms with E-state index in [0.29, 0.717) is 5.17 Å². The number of hydrogen-bond donors (Lipinski definition) is 3. The molecule has 18 heavy (non-hydrogen) atoms. The van der Waals surface area contributed by atoms with Crippen molar-refractivity contribution in [1.82, 2.24) is 5.06 Å². The van der Waals surface area contributed by atoms with Gasteiger partial charge in [-0.1, -0.05) is 11.8 Å². The van der Waals surface area contributed by atoms with Crippen molar-refractivity contribution < 1.29 is 24.9 Å². The topological polar surface area (TPSA) is 94.8 Å².